The molecule has 2 aromatic rings. The average Bonchev–Trinajstić information content (AvgIpc) is 3.04. The smallest absolute Gasteiger partial charge is 0.260 e. The van der Waals surface area contributed by atoms with E-state index in [-0.39, 0.29) is 24.7 Å². The van der Waals surface area contributed by atoms with Gasteiger partial charge in [0.05, 0.1) is 24.3 Å². The highest BCUT2D eigenvalue weighted by Gasteiger charge is 2.31. The van der Waals surface area contributed by atoms with E-state index in [4.69, 9.17) is 16.3 Å². The number of carbonyl (C=O) groups excluding carboxylic acids is 3. The summed E-state index contributed by atoms with van der Waals surface area (Å²) in [6.07, 6.45) is -0.0898. The molecule has 0 spiro atoms. The maximum atomic E-state index is 12.5. The lowest BCUT2D eigenvalue weighted by atomic mass is 10.2. The molecule has 3 rings (SSSR count). The molecule has 2 aromatic carbocycles. The van der Waals surface area contributed by atoms with Gasteiger partial charge in [-0.25, -0.2) is 4.99 Å². The summed E-state index contributed by atoms with van der Waals surface area (Å²) in [4.78, 5) is 40.9. The number of anilines is 2. The zero-order valence-corrected chi connectivity index (χ0v) is 18.9. The number of rotatable bonds is 7. The van der Waals surface area contributed by atoms with Gasteiger partial charge in [-0.1, -0.05) is 41.1 Å². The summed E-state index contributed by atoms with van der Waals surface area (Å²) in [7, 11) is 1.48. The number of nitrogens with one attached hydrogen (secondary N) is 2. The molecule has 0 fully saturated rings. The van der Waals surface area contributed by atoms with Crippen molar-refractivity contribution >= 4 is 57.5 Å². The number of hydrogen-bond donors (Lipinski definition) is 2. The number of nitrogens with zero attached hydrogens (tertiary/aromatic N) is 1. The van der Waals surface area contributed by atoms with E-state index in [9.17, 15) is 14.4 Å². The number of thioether (sulfide) groups is 1. The van der Waals surface area contributed by atoms with Crippen LogP contribution < -0.4 is 15.4 Å². The molecule has 1 atom stereocenters. The summed E-state index contributed by atoms with van der Waals surface area (Å²) in [6, 6.07) is 10.7. The lowest BCUT2D eigenvalue weighted by Crippen LogP contribution is -2.22. The van der Waals surface area contributed by atoms with Crippen LogP contribution in [0, 0.1) is 13.8 Å². The van der Waals surface area contributed by atoms with Crippen molar-refractivity contribution in [3.8, 4) is 5.75 Å². The number of hydrogen-bond acceptors (Lipinski definition) is 5. The van der Waals surface area contributed by atoms with Crippen molar-refractivity contribution < 1.29 is 19.1 Å². The molecule has 0 unspecified atom stereocenters. The number of benzene rings is 2. The Bertz CT molecular complexity index is 1050. The second kappa shape index (κ2) is 9.98. The van der Waals surface area contributed by atoms with Gasteiger partial charge in [0.1, 0.15) is 11.0 Å². The van der Waals surface area contributed by atoms with Gasteiger partial charge in [0.25, 0.3) is 5.91 Å². The largest absolute Gasteiger partial charge is 0.495 e. The predicted octanol–water partition coefficient (Wildman–Crippen LogP) is 4.36. The molecule has 0 bridgehead atoms. The van der Waals surface area contributed by atoms with Crippen molar-refractivity contribution in [1.29, 1.82) is 0 Å². The summed E-state index contributed by atoms with van der Waals surface area (Å²) in [5.74, 6) is -0.614. The van der Waals surface area contributed by atoms with Gasteiger partial charge < -0.3 is 15.4 Å². The Hall–Kier alpha value is -2.84. The molecule has 0 radical (unpaired) electrons. The first-order chi connectivity index (χ1) is 14.7. The topological polar surface area (TPSA) is 96.9 Å². The van der Waals surface area contributed by atoms with Crippen LogP contribution in [0.15, 0.2) is 41.4 Å². The van der Waals surface area contributed by atoms with Crippen LogP contribution in [0.5, 0.6) is 5.75 Å². The minimum atomic E-state index is -0.665. The van der Waals surface area contributed by atoms with Crippen LogP contribution in [0.25, 0.3) is 0 Å². The fourth-order valence-electron chi connectivity index (χ4n) is 2.92. The fourth-order valence-corrected chi connectivity index (χ4v) is 4.15. The molecule has 1 aliphatic rings. The number of methoxy groups -OCH3 is 1. The molecular weight excluding hydrogens is 438 g/mol. The summed E-state index contributed by atoms with van der Waals surface area (Å²) in [5, 5.41) is 5.78. The van der Waals surface area contributed by atoms with E-state index in [1.807, 2.05) is 38.1 Å². The van der Waals surface area contributed by atoms with Gasteiger partial charge in [0.2, 0.25) is 11.8 Å². The molecule has 7 nitrogen and oxygen atoms in total. The van der Waals surface area contributed by atoms with Crippen molar-refractivity contribution in [3.63, 3.8) is 0 Å². The molecule has 0 aromatic heterocycles. The molecular formula is C22H22ClN3O4S. The number of halogens is 1. The Morgan fingerprint density at radius 2 is 1.84 bits per heavy atom. The highest BCUT2D eigenvalue weighted by molar-refractivity contribution is 8.15. The lowest BCUT2D eigenvalue weighted by molar-refractivity contribution is -0.121. The molecule has 162 valence electrons. The minimum Gasteiger partial charge on any atom is -0.495 e. The molecule has 1 heterocycles. The monoisotopic (exact) mass is 459 g/mol. The van der Waals surface area contributed by atoms with Crippen molar-refractivity contribution in [3.05, 3.63) is 52.5 Å². The summed E-state index contributed by atoms with van der Waals surface area (Å²) < 4.78 is 5.25. The van der Waals surface area contributed by atoms with Crippen molar-refractivity contribution in [2.75, 3.05) is 17.7 Å². The Kier molecular flexibility index (Phi) is 7.35. The van der Waals surface area contributed by atoms with E-state index in [1.54, 1.807) is 12.1 Å². The van der Waals surface area contributed by atoms with Crippen LogP contribution in [0.2, 0.25) is 5.02 Å². The predicted molar refractivity (Wildman–Crippen MR) is 124 cm³/mol. The van der Waals surface area contributed by atoms with E-state index >= 15 is 0 Å². The van der Waals surface area contributed by atoms with Crippen molar-refractivity contribution in [2.24, 2.45) is 4.99 Å². The third kappa shape index (κ3) is 6.08. The van der Waals surface area contributed by atoms with Crippen LogP contribution in [0.3, 0.4) is 0 Å². The molecule has 9 heteroatoms. The van der Waals surface area contributed by atoms with E-state index in [2.05, 4.69) is 15.6 Å². The first kappa shape index (κ1) is 22.8. The first-order valence-corrected chi connectivity index (χ1v) is 10.8. The van der Waals surface area contributed by atoms with Crippen molar-refractivity contribution in [2.45, 2.75) is 31.9 Å². The maximum Gasteiger partial charge on any atom is 0.260 e. The SMILES string of the molecule is COc1cc(Cl)c(C)cc1NC(=O)C[C@@H]1SC(CC(=O)Nc2ccc(C)cc2)=NC1=O. The Labute approximate surface area is 189 Å². The number of ether oxygens (including phenoxy) is 1. The number of aliphatic imine (C=N–C) groups is 1. The van der Waals surface area contributed by atoms with Gasteiger partial charge in [0.15, 0.2) is 0 Å². The highest BCUT2D eigenvalue weighted by Crippen LogP contribution is 2.32. The Morgan fingerprint density at radius 1 is 1.13 bits per heavy atom. The molecule has 3 amide bonds. The van der Waals surface area contributed by atoms with E-state index in [1.165, 1.54) is 7.11 Å². The number of amides is 3. The van der Waals surface area contributed by atoms with E-state index < -0.39 is 11.2 Å². The van der Waals surface area contributed by atoms with Gasteiger partial charge in [0, 0.05) is 23.2 Å². The van der Waals surface area contributed by atoms with E-state index in [0.29, 0.717) is 27.2 Å². The quantitative estimate of drug-likeness (QED) is 0.641. The zero-order valence-electron chi connectivity index (χ0n) is 17.3. The maximum absolute atomic E-state index is 12.5. The minimum absolute atomic E-state index is 0.0212. The molecule has 1 aliphatic heterocycles. The van der Waals surface area contributed by atoms with Crippen LogP contribution >= 0.6 is 23.4 Å². The van der Waals surface area contributed by atoms with Gasteiger partial charge >= 0.3 is 0 Å². The third-order valence-electron chi connectivity index (χ3n) is 4.56. The zero-order chi connectivity index (χ0) is 22.5. The van der Waals surface area contributed by atoms with Crippen LogP contribution in [0.4, 0.5) is 11.4 Å². The van der Waals surface area contributed by atoms with Crippen LogP contribution in [-0.2, 0) is 14.4 Å². The Morgan fingerprint density at radius 3 is 2.52 bits per heavy atom. The third-order valence-corrected chi connectivity index (χ3v) is 6.13. The molecule has 0 aliphatic carbocycles. The molecule has 0 saturated heterocycles. The van der Waals surface area contributed by atoms with Gasteiger partial charge in [-0.15, -0.1) is 0 Å². The standard InChI is InChI=1S/C22H22ClN3O4S/c1-12-4-6-14(7-5-12)24-20(28)11-21-26-22(29)18(31-21)10-19(27)25-16-8-13(2)15(23)9-17(16)30-3/h4-9,18H,10-11H2,1-3H3,(H,24,28)(H,25,27)/t18-/m0/s1. The van der Waals surface area contributed by atoms with Crippen LogP contribution in [0.1, 0.15) is 24.0 Å². The second-order valence-electron chi connectivity index (χ2n) is 7.10. The Balaban J connectivity index is 1.54. The van der Waals surface area contributed by atoms with Crippen LogP contribution in [-0.4, -0.2) is 35.1 Å². The van der Waals surface area contributed by atoms with E-state index in [0.717, 1.165) is 22.9 Å². The molecule has 31 heavy (non-hydrogen) atoms. The van der Waals surface area contributed by atoms with Crippen molar-refractivity contribution in [1.82, 2.24) is 0 Å². The summed E-state index contributed by atoms with van der Waals surface area (Å²) in [6.45, 7) is 3.77. The number of aryl methyl sites for hydroxylation is 2. The molecule has 2 N–H and O–H groups in total. The lowest BCUT2D eigenvalue weighted by Gasteiger charge is -2.13. The first-order valence-electron chi connectivity index (χ1n) is 9.53. The van der Waals surface area contributed by atoms with Gasteiger partial charge in [-0.3, -0.25) is 14.4 Å². The second-order valence-corrected chi connectivity index (χ2v) is 8.78. The summed E-state index contributed by atoms with van der Waals surface area (Å²) in [5.41, 5.74) is 3.03. The highest BCUT2D eigenvalue weighted by atomic mass is 35.5. The summed E-state index contributed by atoms with van der Waals surface area (Å²) >= 11 is 7.23. The fraction of sp³-hybridized carbons (Fsp3) is 0.273. The number of carbonyl (C=O) groups is 3. The van der Waals surface area contributed by atoms with Gasteiger partial charge in [-0.2, -0.15) is 0 Å². The average molecular weight is 460 g/mol. The van der Waals surface area contributed by atoms with Gasteiger partial charge in [-0.05, 0) is 37.6 Å². The molecule has 0 saturated carbocycles. The normalized spacial score (nSPS) is 15.4.